The summed E-state index contributed by atoms with van der Waals surface area (Å²) in [4.78, 5) is 14.7. The third-order valence-corrected chi connectivity index (χ3v) is 3.05. The van der Waals surface area contributed by atoms with Crippen LogP contribution in [0.15, 0.2) is 18.2 Å². The Morgan fingerprint density at radius 2 is 2.11 bits per heavy atom. The van der Waals surface area contributed by atoms with Crippen LogP contribution in [0.5, 0.6) is 5.75 Å². The Hall–Kier alpha value is -1.32. The summed E-state index contributed by atoms with van der Waals surface area (Å²) in [5, 5.41) is 1.72. The van der Waals surface area contributed by atoms with Crippen molar-refractivity contribution in [2.24, 2.45) is 0 Å². The number of ether oxygens (including phenoxy) is 1. The van der Waals surface area contributed by atoms with E-state index in [1.54, 1.807) is 6.07 Å². The van der Waals surface area contributed by atoms with E-state index in [0.717, 1.165) is 17.4 Å². The molecular formula is C13H11Cl2NO2. The van der Waals surface area contributed by atoms with Crippen molar-refractivity contribution in [2.45, 2.75) is 13.3 Å². The van der Waals surface area contributed by atoms with Gasteiger partial charge in [-0.25, -0.2) is 4.98 Å². The van der Waals surface area contributed by atoms with Crippen LogP contribution in [0.3, 0.4) is 0 Å². The van der Waals surface area contributed by atoms with Gasteiger partial charge < -0.3 is 9.53 Å². The van der Waals surface area contributed by atoms with E-state index >= 15 is 0 Å². The zero-order chi connectivity index (χ0) is 13.1. The topological polar surface area (TPSA) is 39.2 Å². The molecule has 0 aliphatic rings. The first kappa shape index (κ1) is 13.1. The molecule has 0 atom stereocenters. The number of aromatic nitrogens is 1. The molecule has 18 heavy (non-hydrogen) atoms. The highest BCUT2D eigenvalue weighted by Crippen LogP contribution is 2.37. The number of halogens is 2. The second-order valence-corrected chi connectivity index (χ2v) is 4.64. The summed E-state index contributed by atoms with van der Waals surface area (Å²) < 4.78 is 5.52. The SMILES string of the molecule is Cc1ccc2c(Cl)cc(Cl)c(OCCC=O)c2n1. The first-order valence-corrected chi connectivity index (χ1v) is 6.21. The molecule has 0 amide bonds. The molecule has 0 radical (unpaired) electrons. The van der Waals surface area contributed by atoms with Gasteiger partial charge in [0.2, 0.25) is 0 Å². The number of carbonyl (C=O) groups is 1. The van der Waals surface area contributed by atoms with Gasteiger partial charge in [-0.3, -0.25) is 0 Å². The largest absolute Gasteiger partial charge is 0.489 e. The lowest BCUT2D eigenvalue weighted by Crippen LogP contribution is -2.00. The third kappa shape index (κ3) is 2.57. The van der Waals surface area contributed by atoms with Crippen LogP contribution < -0.4 is 4.74 Å². The molecule has 2 rings (SSSR count). The van der Waals surface area contributed by atoms with Gasteiger partial charge in [0.05, 0.1) is 16.7 Å². The summed E-state index contributed by atoms with van der Waals surface area (Å²) >= 11 is 12.2. The van der Waals surface area contributed by atoms with Crippen molar-refractivity contribution in [3.63, 3.8) is 0 Å². The van der Waals surface area contributed by atoms with Crippen LogP contribution in [-0.4, -0.2) is 17.9 Å². The molecule has 5 heteroatoms. The van der Waals surface area contributed by atoms with Gasteiger partial charge in [0.15, 0.2) is 5.75 Å². The van der Waals surface area contributed by atoms with E-state index in [-0.39, 0.29) is 6.61 Å². The molecule has 94 valence electrons. The number of pyridine rings is 1. The minimum Gasteiger partial charge on any atom is -0.489 e. The lowest BCUT2D eigenvalue weighted by atomic mass is 10.2. The van der Waals surface area contributed by atoms with Crippen LogP contribution in [0.2, 0.25) is 10.0 Å². The van der Waals surface area contributed by atoms with Gasteiger partial charge in [-0.15, -0.1) is 0 Å². The molecule has 0 spiro atoms. The molecule has 2 aromatic rings. The maximum atomic E-state index is 10.3. The number of aldehydes is 1. The van der Waals surface area contributed by atoms with Gasteiger partial charge in [0.1, 0.15) is 11.8 Å². The summed E-state index contributed by atoms with van der Waals surface area (Å²) in [5.41, 5.74) is 1.47. The Kier molecular flexibility index (Phi) is 4.04. The molecule has 0 fully saturated rings. The monoisotopic (exact) mass is 283 g/mol. The number of hydrogen-bond acceptors (Lipinski definition) is 3. The van der Waals surface area contributed by atoms with E-state index in [9.17, 15) is 4.79 Å². The minimum atomic E-state index is 0.273. The van der Waals surface area contributed by atoms with Crippen molar-refractivity contribution in [1.82, 2.24) is 4.98 Å². The molecule has 0 saturated carbocycles. The summed E-state index contributed by atoms with van der Waals surface area (Å²) in [5.74, 6) is 0.474. The highest BCUT2D eigenvalue weighted by atomic mass is 35.5. The molecule has 0 bridgehead atoms. The van der Waals surface area contributed by atoms with Gasteiger partial charge >= 0.3 is 0 Å². The molecular weight excluding hydrogens is 273 g/mol. The summed E-state index contributed by atoms with van der Waals surface area (Å²) in [7, 11) is 0. The number of aryl methyl sites for hydroxylation is 1. The Morgan fingerprint density at radius 1 is 1.33 bits per heavy atom. The van der Waals surface area contributed by atoms with Crippen LogP contribution in [0, 0.1) is 6.92 Å². The van der Waals surface area contributed by atoms with Crippen LogP contribution in [-0.2, 0) is 4.79 Å². The fourth-order valence-electron chi connectivity index (χ4n) is 1.64. The summed E-state index contributed by atoms with van der Waals surface area (Å²) in [6.45, 7) is 2.15. The molecule has 0 saturated heterocycles. The lowest BCUT2D eigenvalue weighted by Gasteiger charge is -2.11. The Bertz CT molecular complexity index is 599. The summed E-state index contributed by atoms with van der Waals surface area (Å²) in [6, 6.07) is 5.37. The van der Waals surface area contributed by atoms with Crippen LogP contribution in [0.1, 0.15) is 12.1 Å². The molecule has 1 aromatic carbocycles. The van der Waals surface area contributed by atoms with E-state index < -0.39 is 0 Å². The zero-order valence-electron chi connectivity index (χ0n) is 9.74. The number of benzene rings is 1. The maximum absolute atomic E-state index is 10.3. The molecule has 1 heterocycles. The number of rotatable bonds is 4. The van der Waals surface area contributed by atoms with E-state index in [0.29, 0.717) is 27.7 Å². The molecule has 0 N–H and O–H groups in total. The van der Waals surface area contributed by atoms with Gasteiger partial charge in [-0.05, 0) is 25.1 Å². The average Bonchev–Trinajstić information content (AvgIpc) is 2.33. The molecule has 1 aromatic heterocycles. The number of nitrogens with zero attached hydrogens (tertiary/aromatic N) is 1. The molecule has 3 nitrogen and oxygen atoms in total. The average molecular weight is 284 g/mol. The lowest BCUT2D eigenvalue weighted by molar-refractivity contribution is -0.108. The van der Waals surface area contributed by atoms with Gasteiger partial charge in [0.25, 0.3) is 0 Å². The highest BCUT2D eigenvalue weighted by Gasteiger charge is 2.12. The Labute approximate surface area is 115 Å². The predicted octanol–water partition coefficient (Wildman–Crippen LogP) is 3.82. The number of carbonyl (C=O) groups excluding carboxylic acids is 1. The molecule has 0 aliphatic heterocycles. The highest BCUT2D eigenvalue weighted by molar-refractivity contribution is 6.39. The van der Waals surface area contributed by atoms with Crippen LogP contribution in [0.25, 0.3) is 10.9 Å². The van der Waals surface area contributed by atoms with Crippen molar-refractivity contribution >= 4 is 40.4 Å². The van der Waals surface area contributed by atoms with Crippen molar-refractivity contribution in [2.75, 3.05) is 6.61 Å². The van der Waals surface area contributed by atoms with E-state index in [4.69, 9.17) is 27.9 Å². The fourth-order valence-corrected chi connectivity index (χ4v) is 2.21. The standard InChI is InChI=1S/C13H11Cl2NO2/c1-8-3-4-9-10(14)7-11(15)13(12(9)16-8)18-6-2-5-17/h3-5,7H,2,6H2,1H3. The second kappa shape index (κ2) is 5.55. The van der Waals surface area contributed by atoms with Crippen molar-refractivity contribution in [3.05, 3.63) is 33.9 Å². The van der Waals surface area contributed by atoms with E-state index in [1.165, 1.54) is 0 Å². The molecule has 0 unspecified atom stereocenters. The molecule has 0 aliphatic carbocycles. The van der Waals surface area contributed by atoms with E-state index in [1.807, 2.05) is 19.1 Å². The van der Waals surface area contributed by atoms with Gasteiger partial charge in [-0.1, -0.05) is 23.2 Å². The Balaban J connectivity index is 2.55. The Morgan fingerprint density at radius 3 is 2.83 bits per heavy atom. The first-order chi connectivity index (χ1) is 8.63. The quantitative estimate of drug-likeness (QED) is 0.633. The predicted molar refractivity (Wildman–Crippen MR) is 72.7 cm³/mol. The first-order valence-electron chi connectivity index (χ1n) is 5.45. The van der Waals surface area contributed by atoms with Crippen LogP contribution in [0.4, 0.5) is 0 Å². The van der Waals surface area contributed by atoms with Gasteiger partial charge in [0, 0.05) is 17.5 Å². The smallest absolute Gasteiger partial charge is 0.164 e. The van der Waals surface area contributed by atoms with E-state index in [2.05, 4.69) is 4.98 Å². The zero-order valence-corrected chi connectivity index (χ0v) is 11.3. The van der Waals surface area contributed by atoms with Crippen LogP contribution >= 0.6 is 23.2 Å². The van der Waals surface area contributed by atoms with Crippen molar-refractivity contribution < 1.29 is 9.53 Å². The maximum Gasteiger partial charge on any atom is 0.164 e. The summed E-state index contributed by atoms with van der Waals surface area (Å²) in [6.07, 6.45) is 1.11. The van der Waals surface area contributed by atoms with Gasteiger partial charge in [-0.2, -0.15) is 0 Å². The number of fused-ring (bicyclic) bond motifs is 1. The number of hydrogen-bond donors (Lipinski definition) is 0. The second-order valence-electron chi connectivity index (χ2n) is 3.82. The third-order valence-electron chi connectivity index (χ3n) is 2.46. The van der Waals surface area contributed by atoms with Crippen molar-refractivity contribution in [3.8, 4) is 5.75 Å². The fraction of sp³-hybridized carbons (Fsp3) is 0.231. The van der Waals surface area contributed by atoms with Crippen molar-refractivity contribution in [1.29, 1.82) is 0 Å². The normalized spacial score (nSPS) is 10.6. The minimum absolute atomic E-state index is 0.273.